The van der Waals surface area contributed by atoms with Gasteiger partial charge in [-0.15, -0.1) is 0 Å². The molecule has 1 aromatic heterocycles. The van der Waals surface area contributed by atoms with Crippen LogP contribution in [0.2, 0.25) is 0 Å². The van der Waals surface area contributed by atoms with Crippen LogP contribution in [0, 0.1) is 12.7 Å². The number of imidazole rings is 1. The van der Waals surface area contributed by atoms with E-state index in [0.29, 0.717) is 24.4 Å². The van der Waals surface area contributed by atoms with Crippen molar-refractivity contribution in [3.63, 3.8) is 0 Å². The Kier molecular flexibility index (Phi) is 8.47. The van der Waals surface area contributed by atoms with Gasteiger partial charge in [-0.3, -0.25) is 4.79 Å². The molecule has 208 valence electrons. The van der Waals surface area contributed by atoms with Crippen molar-refractivity contribution >= 4 is 15.7 Å². The Morgan fingerprint density at radius 1 is 1.08 bits per heavy atom. The molecule has 0 spiro atoms. The predicted octanol–water partition coefficient (Wildman–Crippen LogP) is 5.63. The molecule has 9 heteroatoms. The summed E-state index contributed by atoms with van der Waals surface area (Å²) in [6.45, 7) is 2.99. The third kappa shape index (κ3) is 6.41. The predicted molar refractivity (Wildman–Crippen MR) is 147 cm³/mol. The molecule has 1 saturated carbocycles. The first-order chi connectivity index (χ1) is 18.8. The number of rotatable bonds is 9. The van der Waals surface area contributed by atoms with Gasteiger partial charge in [0.05, 0.1) is 35.9 Å². The highest BCUT2D eigenvalue weighted by Gasteiger charge is 2.32. The van der Waals surface area contributed by atoms with E-state index < -0.39 is 21.6 Å². The van der Waals surface area contributed by atoms with Crippen LogP contribution in [-0.2, 0) is 26.9 Å². The summed E-state index contributed by atoms with van der Waals surface area (Å²) in [7, 11) is -3.76. The van der Waals surface area contributed by atoms with Gasteiger partial charge in [-0.25, -0.2) is 17.8 Å². The zero-order valence-corrected chi connectivity index (χ0v) is 23.2. The lowest BCUT2D eigenvalue weighted by molar-refractivity contribution is 0.0496. The van der Waals surface area contributed by atoms with Gasteiger partial charge in [-0.1, -0.05) is 61.2 Å². The Bertz CT molecular complexity index is 1410. The second-order valence-corrected chi connectivity index (χ2v) is 12.6. The number of halogens is 1. The monoisotopic (exact) mass is 553 g/mol. The van der Waals surface area contributed by atoms with Crippen molar-refractivity contribution in [2.24, 2.45) is 0 Å². The Morgan fingerprint density at radius 2 is 1.87 bits per heavy atom. The molecule has 1 amide bonds. The molecule has 0 N–H and O–H groups in total. The van der Waals surface area contributed by atoms with E-state index in [1.807, 2.05) is 35.8 Å². The average Bonchev–Trinajstić information content (AvgIpc) is 3.59. The summed E-state index contributed by atoms with van der Waals surface area (Å²) in [5.41, 5.74) is 2.35. The van der Waals surface area contributed by atoms with Gasteiger partial charge in [0.2, 0.25) is 15.0 Å². The molecule has 1 atom stereocenters. The third-order valence-corrected chi connectivity index (χ3v) is 9.26. The van der Waals surface area contributed by atoms with E-state index in [9.17, 15) is 17.6 Å². The molecule has 2 fully saturated rings. The molecule has 3 aromatic rings. The molecule has 2 aromatic carbocycles. The molecule has 1 unspecified atom stereocenters. The number of ether oxygens (including phenoxy) is 1. The van der Waals surface area contributed by atoms with Crippen molar-refractivity contribution in [2.75, 3.05) is 13.2 Å². The van der Waals surface area contributed by atoms with Crippen molar-refractivity contribution in [3.05, 3.63) is 82.9 Å². The van der Waals surface area contributed by atoms with E-state index >= 15 is 0 Å². The quantitative estimate of drug-likeness (QED) is 0.343. The van der Waals surface area contributed by atoms with Gasteiger partial charge in [0, 0.05) is 19.2 Å². The van der Waals surface area contributed by atoms with E-state index in [1.54, 1.807) is 23.2 Å². The summed E-state index contributed by atoms with van der Waals surface area (Å²) in [5.74, 6) is -1.17. The largest absolute Gasteiger partial charge is 0.376 e. The number of hydrogen-bond donors (Lipinski definition) is 0. The van der Waals surface area contributed by atoms with E-state index in [0.717, 1.165) is 50.5 Å². The minimum atomic E-state index is -3.76. The maximum Gasteiger partial charge on any atom is 0.257 e. The molecule has 5 rings (SSSR count). The SMILES string of the molecule is Cc1cccc(CS(=O)(=O)c2ncc(CN(CC3CCCO3)C(=O)c3ccccc3F)n2C2CCCCC2)c1. The number of sulfone groups is 1. The highest BCUT2D eigenvalue weighted by atomic mass is 32.2. The van der Waals surface area contributed by atoms with E-state index in [1.165, 1.54) is 12.1 Å². The number of nitrogens with zero attached hydrogens (tertiary/aromatic N) is 3. The van der Waals surface area contributed by atoms with Crippen molar-refractivity contribution in [1.82, 2.24) is 14.5 Å². The Labute approximate surface area is 229 Å². The fourth-order valence-electron chi connectivity index (χ4n) is 5.79. The Hall–Kier alpha value is -3.04. The van der Waals surface area contributed by atoms with Crippen LogP contribution in [0.3, 0.4) is 0 Å². The van der Waals surface area contributed by atoms with Crippen LogP contribution < -0.4 is 0 Å². The van der Waals surface area contributed by atoms with Gasteiger partial charge in [0.15, 0.2) is 0 Å². The zero-order chi connectivity index (χ0) is 27.4. The van der Waals surface area contributed by atoms with Crippen LogP contribution in [0.15, 0.2) is 59.9 Å². The number of aromatic nitrogens is 2. The summed E-state index contributed by atoms with van der Waals surface area (Å²) in [5, 5.41) is 0.0429. The number of hydrogen-bond acceptors (Lipinski definition) is 5. The van der Waals surface area contributed by atoms with Crippen molar-refractivity contribution in [1.29, 1.82) is 0 Å². The molecule has 39 heavy (non-hydrogen) atoms. The van der Waals surface area contributed by atoms with E-state index in [4.69, 9.17) is 4.74 Å². The number of aryl methyl sites for hydroxylation is 1. The average molecular weight is 554 g/mol. The molecule has 2 aliphatic rings. The summed E-state index contributed by atoms with van der Waals surface area (Å²) in [4.78, 5) is 19.6. The smallest absolute Gasteiger partial charge is 0.257 e. The first kappa shape index (κ1) is 27.5. The van der Waals surface area contributed by atoms with Crippen LogP contribution >= 0.6 is 0 Å². The van der Waals surface area contributed by atoms with Gasteiger partial charge in [0.1, 0.15) is 5.82 Å². The fourth-order valence-corrected chi connectivity index (χ4v) is 7.32. The van der Waals surface area contributed by atoms with Gasteiger partial charge in [-0.2, -0.15) is 0 Å². The Morgan fingerprint density at radius 3 is 2.59 bits per heavy atom. The molecule has 1 aliphatic heterocycles. The standard InChI is InChI=1S/C30H36FN3O4S/c1-22-9-7-10-23(17-22)21-39(36,37)30-32-18-25(34(30)24-11-3-2-4-12-24)19-33(20-26-13-8-16-38-26)29(35)27-14-5-6-15-28(27)31/h5-7,9-10,14-15,17-18,24,26H,2-4,8,11-13,16,19-21H2,1H3. The summed E-state index contributed by atoms with van der Waals surface area (Å²) in [6.07, 6.45) is 7.99. The summed E-state index contributed by atoms with van der Waals surface area (Å²) < 4.78 is 49.7. The first-order valence-corrected chi connectivity index (χ1v) is 15.5. The maximum absolute atomic E-state index is 14.6. The zero-order valence-electron chi connectivity index (χ0n) is 22.4. The summed E-state index contributed by atoms with van der Waals surface area (Å²) >= 11 is 0. The van der Waals surface area contributed by atoms with Crippen LogP contribution in [0.1, 0.15) is 78.2 Å². The minimum Gasteiger partial charge on any atom is -0.376 e. The van der Waals surface area contributed by atoms with E-state index in [-0.39, 0.29) is 35.2 Å². The molecular formula is C30H36FN3O4S. The Balaban J connectivity index is 1.51. The highest BCUT2D eigenvalue weighted by molar-refractivity contribution is 7.90. The van der Waals surface area contributed by atoms with Gasteiger partial charge in [-0.05, 0) is 50.3 Å². The van der Waals surface area contributed by atoms with Gasteiger partial charge in [0.25, 0.3) is 5.91 Å². The second-order valence-electron chi connectivity index (χ2n) is 10.7. The van der Waals surface area contributed by atoms with Crippen LogP contribution in [0.25, 0.3) is 0 Å². The second kappa shape index (κ2) is 12.0. The van der Waals surface area contributed by atoms with Crippen LogP contribution in [-0.4, -0.2) is 48.0 Å². The maximum atomic E-state index is 14.6. The molecule has 0 bridgehead atoms. The van der Waals surface area contributed by atoms with Crippen LogP contribution in [0.5, 0.6) is 0 Å². The molecule has 1 saturated heterocycles. The topological polar surface area (TPSA) is 81.5 Å². The fraction of sp³-hybridized carbons (Fsp3) is 0.467. The lowest BCUT2D eigenvalue weighted by atomic mass is 9.95. The van der Waals surface area contributed by atoms with Crippen molar-refractivity contribution in [2.45, 2.75) is 81.5 Å². The van der Waals surface area contributed by atoms with Crippen molar-refractivity contribution < 1.29 is 22.3 Å². The van der Waals surface area contributed by atoms with Gasteiger partial charge < -0.3 is 14.2 Å². The lowest BCUT2D eigenvalue weighted by Gasteiger charge is -2.30. The minimum absolute atomic E-state index is 0.00785. The molecule has 1 aliphatic carbocycles. The van der Waals surface area contributed by atoms with Gasteiger partial charge >= 0.3 is 0 Å². The molecule has 7 nitrogen and oxygen atoms in total. The summed E-state index contributed by atoms with van der Waals surface area (Å²) in [6, 6.07) is 13.4. The first-order valence-electron chi connectivity index (χ1n) is 13.8. The molecular weight excluding hydrogens is 517 g/mol. The number of benzene rings is 2. The lowest BCUT2D eigenvalue weighted by Crippen LogP contribution is -2.38. The normalized spacial score (nSPS) is 18.4. The van der Waals surface area contributed by atoms with Crippen LogP contribution in [0.4, 0.5) is 4.39 Å². The number of carbonyl (C=O) groups excluding carboxylic acids is 1. The number of carbonyl (C=O) groups is 1. The highest BCUT2D eigenvalue weighted by Crippen LogP contribution is 2.33. The van der Waals surface area contributed by atoms with E-state index in [2.05, 4.69) is 4.98 Å². The molecule has 2 heterocycles. The molecule has 0 radical (unpaired) electrons. The third-order valence-electron chi connectivity index (χ3n) is 7.69. The number of amides is 1. The van der Waals surface area contributed by atoms with Crippen molar-refractivity contribution in [3.8, 4) is 0 Å².